The van der Waals surface area contributed by atoms with E-state index in [4.69, 9.17) is 20.1 Å². The average molecular weight is 561 g/mol. The van der Waals surface area contributed by atoms with E-state index < -0.39 is 0 Å². The minimum Gasteiger partial charge on any atom is -0.337 e. The van der Waals surface area contributed by atoms with Crippen LogP contribution in [0.2, 0.25) is 0 Å². The van der Waals surface area contributed by atoms with Crippen LogP contribution in [0.15, 0.2) is 36.5 Å². The summed E-state index contributed by atoms with van der Waals surface area (Å²) in [7, 11) is 4.05. The first-order chi connectivity index (χ1) is 20.3. The predicted octanol–water partition coefficient (Wildman–Crippen LogP) is 5.14. The van der Waals surface area contributed by atoms with Gasteiger partial charge in [0.1, 0.15) is 17.3 Å². The van der Waals surface area contributed by atoms with Crippen molar-refractivity contribution in [3.8, 4) is 34.2 Å². The number of H-pyrrole nitrogens is 1. The molecule has 1 amide bonds. The van der Waals surface area contributed by atoms with Crippen molar-refractivity contribution in [2.45, 2.75) is 52.0 Å². The number of imidazole rings is 2. The quantitative estimate of drug-likeness (QED) is 0.312. The van der Waals surface area contributed by atoms with E-state index in [2.05, 4.69) is 53.7 Å². The highest BCUT2D eigenvalue weighted by Crippen LogP contribution is 2.47. The average Bonchev–Trinajstić information content (AvgIpc) is 3.32. The van der Waals surface area contributed by atoms with Gasteiger partial charge in [-0.1, -0.05) is 26.0 Å². The third-order valence-corrected chi connectivity index (χ3v) is 8.49. The molecular formula is C31H32N10O. The lowest BCUT2D eigenvalue weighted by molar-refractivity contribution is -0.116. The Morgan fingerprint density at radius 1 is 1.02 bits per heavy atom. The predicted molar refractivity (Wildman–Crippen MR) is 161 cm³/mol. The molecule has 0 bridgehead atoms. The molecular weight excluding hydrogens is 528 g/mol. The molecule has 1 aliphatic heterocycles. The second-order valence-electron chi connectivity index (χ2n) is 11.9. The topological polar surface area (TPSA) is 115 Å². The van der Waals surface area contributed by atoms with Gasteiger partial charge >= 0.3 is 0 Å². The number of aromatic amines is 1. The Morgan fingerprint density at radius 3 is 2.62 bits per heavy atom. The van der Waals surface area contributed by atoms with E-state index in [-0.39, 0.29) is 11.8 Å². The van der Waals surface area contributed by atoms with Crippen LogP contribution in [0, 0.1) is 0 Å². The zero-order chi connectivity index (χ0) is 28.9. The molecule has 6 aromatic rings. The molecule has 2 aliphatic rings. The van der Waals surface area contributed by atoms with Gasteiger partial charge in [0.25, 0.3) is 0 Å². The van der Waals surface area contributed by atoms with Crippen LogP contribution >= 0.6 is 0 Å². The first-order valence-electron chi connectivity index (χ1n) is 14.5. The number of anilines is 1. The number of hydrogen-bond donors (Lipinski definition) is 1. The van der Waals surface area contributed by atoms with Crippen molar-refractivity contribution in [3.05, 3.63) is 47.9 Å². The van der Waals surface area contributed by atoms with Crippen LogP contribution in [0.1, 0.15) is 56.8 Å². The summed E-state index contributed by atoms with van der Waals surface area (Å²) in [5.74, 6) is 3.10. The van der Waals surface area contributed by atoms with E-state index in [1.807, 2.05) is 34.7 Å². The molecule has 1 aliphatic carbocycles. The van der Waals surface area contributed by atoms with Gasteiger partial charge < -0.3 is 9.55 Å². The summed E-state index contributed by atoms with van der Waals surface area (Å²) in [5.41, 5.74) is 8.50. The summed E-state index contributed by atoms with van der Waals surface area (Å²) < 4.78 is 5.95. The monoisotopic (exact) mass is 560 g/mol. The Bertz CT molecular complexity index is 2050. The molecule has 11 nitrogen and oxygen atoms in total. The zero-order valence-electron chi connectivity index (χ0n) is 24.4. The molecule has 1 N–H and O–H groups in total. The van der Waals surface area contributed by atoms with E-state index in [0.717, 1.165) is 74.8 Å². The number of benzene rings is 1. The molecule has 1 fully saturated rings. The largest absolute Gasteiger partial charge is 0.337 e. The maximum Gasteiger partial charge on any atom is 0.225 e. The molecule has 1 aromatic carbocycles. The van der Waals surface area contributed by atoms with Crippen LogP contribution in [-0.4, -0.2) is 56.5 Å². The second-order valence-corrected chi connectivity index (χ2v) is 11.9. The van der Waals surface area contributed by atoms with Gasteiger partial charge in [0.05, 0.1) is 29.0 Å². The molecule has 0 saturated heterocycles. The molecule has 42 heavy (non-hydrogen) atoms. The van der Waals surface area contributed by atoms with Crippen LogP contribution in [0.25, 0.3) is 56.2 Å². The minimum absolute atomic E-state index is 0.0177. The Kier molecular flexibility index (Phi) is 5.26. The molecule has 5 aromatic heterocycles. The fourth-order valence-corrected chi connectivity index (χ4v) is 6.36. The number of pyridine rings is 1. The number of nitrogens with zero attached hydrogens (tertiary/aromatic N) is 9. The van der Waals surface area contributed by atoms with Gasteiger partial charge in [-0.25, -0.2) is 19.6 Å². The van der Waals surface area contributed by atoms with Crippen LogP contribution < -0.4 is 4.90 Å². The summed E-state index contributed by atoms with van der Waals surface area (Å²) in [6.45, 7) is 7.25. The second kappa shape index (κ2) is 8.85. The number of nitrogens with one attached hydrogen (secondary N) is 1. The number of amides is 1. The first-order valence-corrected chi connectivity index (χ1v) is 14.5. The Balaban J connectivity index is 1.29. The normalized spacial score (nSPS) is 15.0. The first kappa shape index (κ1) is 25.0. The van der Waals surface area contributed by atoms with Gasteiger partial charge in [-0.05, 0) is 30.9 Å². The summed E-state index contributed by atoms with van der Waals surface area (Å²) >= 11 is 0. The third-order valence-electron chi connectivity index (χ3n) is 8.49. The van der Waals surface area contributed by atoms with Gasteiger partial charge in [0.2, 0.25) is 5.91 Å². The van der Waals surface area contributed by atoms with Crippen molar-refractivity contribution in [1.82, 2.24) is 44.1 Å². The van der Waals surface area contributed by atoms with Crippen LogP contribution in [-0.2, 0) is 25.4 Å². The zero-order valence-corrected chi connectivity index (χ0v) is 24.4. The molecule has 0 radical (unpaired) electrons. The lowest BCUT2D eigenvalue weighted by Gasteiger charge is -2.12. The Morgan fingerprint density at radius 2 is 1.86 bits per heavy atom. The van der Waals surface area contributed by atoms with Crippen molar-refractivity contribution >= 4 is 33.8 Å². The van der Waals surface area contributed by atoms with Gasteiger partial charge in [-0.3, -0.25) is 14.4 Å². The summed E-state index contributed by atoms with van der Waals surface area (Å²) in [4.78, 5) is 32.7. The molecule has 0 spiro atoms. The number of hydrogen-bond acceptors (Lipinski definition) is 6. The molecule has 1 saturated carbocycles. The SMILES string of the molecule is CC(=O)N1CCn2nc(-c3nc4c(-c5nc(-c6cc7cn(C)nc7nc6C(C)C)n(C)c5C5CC5)cccc4[nH]3)cc21. The maximum atomic E-state index is 12.1. The number of aromatic nitrogens is 9. The maximum absolute atomic E-state index is 12.1. The minimum atomic E-state index is 0.0177. The Hall–Kier alpha value is -4.80. The van der Waals surface area contributed by atoms with Gasteiger partial charge in [0.15, 0.2) is 11.5 Å². The molecule has 6 heterocycles. The van der Waals surface area contributed by atoms with Crippen molar-refractivity contribution < 1.29 is 4.79 Å². The highest BCUT2D eigenvalue weighted by Gasteiger charge is 2.34. The van der Waals surface area contributed by atoms with E-state index >= 15 is 0 Å². The number of rotatable bonds is 5. The number of para-hydroxylation sites is 1. The highest BCUT2D eigenvalue weighted by molar-refractivity contribution is 5.95. The molecule has 212 valence electrons. The van der Waals surface area contributed by atoms with E-state index in [1.54, 1.807) is 11.8 Å². The highest BCUT2D eigenvalue weighted by atomic mass is 16.2. The smallest absolute Gasteiger partial charge is 0.225 e. The lowest BCUT2D eigenvalue weighted by Crippen LogP contribution is -2.25. The van der Waals surface area contributed by atoms with Crippen molar-refractivity contribution in [1.29, 1.82) is 0 Å². The standard InChI is InChI=1S/C31H32N10O/c1-16(2)25-21(13-19-15-38(4)37-29(19)33-25)31-35-27(28(39(31)5)18-9-10-18)20-7-6-8-22-26(20)34-30(32-22)23-14-24-40(17(3)42)11-12-41(24)36-23/h6-8,13-16,18H,9-12H2,1-5H3,(H,32,34). The number of carbonyl (C=O) groups is 1. The third kappa shape index (κ3) is 3.72. The van der Waals surface area contributed by atoms with E-state index in [0.29, 0.717) is 24.8 Å². The Labute approximate surface area is 242 Å². The van der Waals surface area contributed by atoms with Crippen molar-refractivity contribution in [2.75, 3.05) is 11.4 Å². The van der Waals surface area contributed by atoms with Crippen LogP contribution in [0.5, 0.6) is 0 Å². The molecule has 8 rings (SSSR count). The van der Waals surface area contributed by atoms with Crippen LogP contribution in [0.4, 0.5) is 5.82 Å². The number of aryl methyl sites for hydroxylation is 1. The van der Waals surface area contributed by atoms with Gasteiger partial charge in [-0.15, -0.1) is 0 Å². The van der Waals surface area contributed by atoms with Crippen molar-refractivity contribution in [2.24, 2.45) is 14.1 Å². The van der Waals surface area contributed by atoms with Crippen LogP contribution in [0.3, 0.4) is 0 Å². The molecule has 0 atom stereocenters. The summed E-state index contributed by atoms with van der Waals surface area (Å²) in [6.07, 6.45) is 4.31. The fourth-order valence-electron chi connectivity index (χ4n) is 6.36. The summed E-state index contributed by atoms with van der Waals surface area (Å²) in [6, 6.07) is 10.3. The van der Waals surface area contributed by atoms with E-state index in [9.17, 15) is 4.79 Å². The van der Waals surface area contributed by atoms with E-state index in [1.165, 1.54) is 5.69 Å². The van der Waals surface area contributed by atoms with Gasteiger partial charge in [0, 0.05) is 68.0 Å². The number of fused-ring (bicyclic) bond motifs is 3. The van der Waals surface area contributed by atoms with Crippen molar-refractivity contribution in [3.63, 3.8) is 0 Å². The molecule has 11 heteroatoms. The fraction of sp³-hybridized carbons (Fsp3) is 0.355. The molecule has 0 unspecified atom stereocenters. The van der Waals surface area contributed by atoms with Gasteiger partial charge in [-0.2, -0.15) is 10.2 Å². The lowest BCUT2D eigenvalue weighted by atomic mass is 10.0. The number of carbonyl (C=O) groups excluding carboxylic acids is 1. The summed E-state index contributed by atoms with van der Waals surface area (Å²) in [5, 5.41) is 10.3.